The van der Waals surface area contributed by atoms with Crippen LogP contribution in [0.2, 0.25) is 0 Å². The van der Waals surface area contributed by atoms with E-state index in [0.29, 0.717) is 11.5 Å². The maximum absolute atomic E-state index is 12.9. The van der Waals surface area contributed by atoms with Crippen LogP contribution in [-0.2, 0) is 15.8 Å². The van der Waals surface area contributed by atoms with Crippen LogP contribution in [0, 0.1) is 5.92 Å². The Morgan fingerprint density at radius 2 is 2.03 bits per heavy atom. The number of nitrogens with zero attached hydrogens (tertiary/aromatic N) is 4. The number of rotatable bonds is 4. The van der Waals surface area contributed by atoms with Crippen molar-refractivity contribution in [3.05, 3.63) is 54.2 Å². The summed E-state index contributed by atoms with van der Waals surface area (Å²) in [6, 6.07) is 9.69. The van der Waals surface area contributed by atoms with Crippen LogP contribution >= 0.6 is 0 Å². The fourth-order valence-electron chi connectivity index (χ4n) is 3.13. The van der Waals surface area contributed by atoms with Crippen LogP contribution in [0.5, 0.6) is 0 Å². The average molecular weight is 416 g/mol. The second kappa shape index (κ2) is 7.58. The van der Waals surface area contributed by atoms with Crippen LogP contribution in [0.3, 0.4) is 0 Å². The van der Waals surface area contributed by atoms with E-state index in [1.807, 2.05) is 0 Å². The molecule has 1 aromatic carbocycles. The fraction of sp³-hybridized carbons (Fsp3) is 0.211. The van der Waals surface area contributed by atoms with Crippen molar-refractivity contribution in [1.82, 2.24) is 20.2 Å². The maximum Gasteiger partial charge on any atom is 0.416 e. The third-order valence-corrected chi connectivity index (χ3v) is 4.61. The van der Waals surface area contributed by atoms with E-state index in [9.17, 15) is 22.8 Å². The lowest BCUT2D eigenvalue weighted by atomic mass is 10.1. The van der Waals surface area contributed by atoms with E-state index in [4.69, 9.17) is 0 Å². The zero-order chi connectivity index (χ0) is 21.3. The largest absolute Gasteiger partial charge is 0.416 e. The van der Waals surface area contributed by atoms with Crippen molar-refractivity contribution in [3.63, 3.8) is 0 Å². The van der Waals surface area contributed by atoms with Crippen LogP contribution in [0.15, 0.2) is 48.7 Å². The Morgan fingerprint density at radius 1 is 1.20 bits per heavy atom. The Kier molecular flexibility index (Phi) is 4.94. The van der Waals surface area contributed by atoms with Gasteiger partial charge >= 0.3 is 6.18 Å². The van der Waals surface area contributed by atoms with Gasteiger partial charge in [-0.3, -0.25) is 25.0 Å². The minimum Gasteiger partial charge on any atom is -0.312 e. The lowest BCUT2D eigenvalue weighted by molar-refractivity contribution is -0.137. The van der Waals surface area contributed by atoms with Crippen LogP contribution in [0.25, 0.3) is 11.5 Å². The van der Waals surface area contributed by atoms with Crippen LogP contribution < -0.4 is 10.2 Å². The Labute approximate surface area is 168 Å². The summed E-state index contributed by atoms with van der Waals surface area (Å²) in [6.07, 6.45) is -3.06. The van der Waals surface area contributed by atoms with E-state index in [1.54, 1.807) is 24.4 Å². The zero-order valence-electron chi connectivity index (χ0n) is 15.3. The number of benzene rings is 1. The third kappa shape index (κ3) is 4.00. The predicted octanol–water partition coefficient (Wildman–Crippen LogP) is 2.88. The molecule has 11 heteroatoms. The second-order valence-electron chi connectivity index (χ2n) is 6.67. The molecule has 1 aliphatic heterocycles. The summed E-state index contributed by atoms with van der Waals surface area (Å²) < 4.78 is 38.8. The van der Waals surface area contributed by atoms with E-state index in [0.717, 1.165) is 12.1 Å². The van der Waals surface area contributed by atoms with Crippen molar-refractivity contribution < 1.29 is 22.8 Å². The molecular weight excluding hydrogens is 401 g/mol. The Morgan fingerprint density at radius 3 is 2.77 bits per heavy atom. The molecule has 1 unspecified atom stereocenters. The number of pyridine rings is 1. The van der Waals surface area contributed by atoms with Crippen molar-refractivity contribution in [2.75, 3.05) is 16.8 Å². The number of halogens is 3. The second-order valence-corrected chi connectivity index (χ2v) is 6.67. The van der Waals surface area contributed by atoms with Gasteiger partial charge in [0.05, 0.1) is 11.5 Å². The van der Waals surface area contributed by atoms with Gasteiger partial charge in [0.25, 0.3) is 0 Å². The molecule has 4 rings (SSSR count). The molecule has 0 saturated carbocycles. The van der Waals surface area contributed by atoms with Gasteiger partial charge in [-0.25, -0.2) is 0 Å². The highest BCUT2D eigenvalue weighted by molar-refractivity contribution is 6.03. The molecule has 30 heavy (non-hydrogen) atoms. The predicted molar refractivity (Wildman–Crippen MR) is 100 cm³/mol. The van der Waals surface area contributed by atoms with Gasteiger partial charge in [-0.2, -0.15) is 18.2 Å². The Bertz CT molecular complexity index is 1080. The first kappa shape index (κ1) is 19.6. The van der Waals surface area contributed by atoms with Crippen LogP contribution in [-0.4, -0.2) is 38.5 Å². The van der Waals surface area contributed by atoms with E-state index in [2.05, 4.69) is 25.5 Å². The standard InChI is InChI=1S/C19H15F3N6O2/c20-19(21,22)12-4-3-5-13(9-12)28-10-11(8-15(28)29)17(30)25-18-24-16(26-27-18)14-6-1-2-7-23-14/h1-7,9,11H,8,10H2,(H2,24,25,26,27,30). The van der Waals surface area contributed by atoms with Gasteiger partial charge in [0, 0.05) is 24.8 Å². The molecule has 154 valence electrons. The minimum atomic E-state index is -4.52. The van der Waals surface area contributed by atoms with Gasteiger partial charge < -0.3 is 4.90 Å². The SMILES string of the molecule is O=C(Nc1n[nH]c(-c2ccccn2)n1)C1CC(=O)N(c2cccc(C(F)(F)F)c2)C1. The van der Waals surface area contributed by atoms with Crippen LogP contribution in [0.1, 0.15) is 12.0 Å². The number of anilines is 2. The number of alkyl halides is 3. The van der Waals surface area contributed by atoms with E-state index < -0.39 is 29.5 Å². The first-order valence-electron chi connectivity index (χ1n) is 8.93. The van der Waals surface area contributed by atoms with Crippen LogP contribution in [0.4, 0.5) is 24.8 Å². The number of hydrogen-bond donors (Lipinski definition) is 2. The van der Waals surface area contributed by atoms with Gasteiger partial charge in [0.2, 0.25) is 17.8 Å². The van der Waals surface area contributed by atoms with E-state index in [-0.39, 0.29) is 24.6 Å². The molecule has 0 radical (unpaired) electrons. The van der Waals surface area contributed by atoms with Gasteiger partial charge in [-0.05, 0) is 30.3 Å². The highest BCUT2D eigenvalue weighted by Gasteiger charge is 2.37. The highest BCUT2D eigenvalue weighted by atomic mass is 19.4. The number of carbonyl (C=O) groups excluding carboxylic acids is 2. The molecule has 0 bridgehead atoms. The number of amides is 2. The number of nitrogens with one attached hydrogen (secondary N) is 2. The Hall–Kier alpha value is -3.76. The molecule has 2 aromatic heterocycles. The van der Waals surface area contributed by atoms with Crippen molar-refractivity contribution >= 4 is 23.5 Å². The summed E-state index contributed by atoms with van der Waals surface area (Å²) in [7, 11) is 0. The molecule has 1 aliphatic rings. The monoisotopic (exact) mass is 416 g/mol. The number of hydrogen-bond acceptors (Lipinski definition) is 5. The fourth-order valence-corrected chi connectivity index (χ4v) is 3.13. The first-order valence-corrected chi connectivity index (χ1v) is 8.93. The average Bonchev–Trinajstić information content (AvgIpc) is 3.35. The summed E-state index contributed by atoms with van der Waals surface area (Å²) in [5, 5.41) is 9.09. The lowest BCUT2D eigenvalue weighted by Crippen LogP contribution is -2.28. The molecule has 8 nitrogen and oxygen atoms in total. The number of H-pyrrole nitrogens is 1. The minimum absolute atomic E-state index is 0.0191. The summed E-state index contributed by atoms with van der Waals surface area (Å²) in [5.41, 5.74) is -0.221. The normalized spacial score (nSPS) is 16.7. The van der Waals surface area contributed by atoms with E-state index >= 15 is 0 Å². The summed E-state index contributed by atoms with van der Waals surface area (Å²) in [6.45, 7) is -0.0382. The molecule has 2 N–H and O–H groups in total. The van der Waals surface area contributed by atoms with Crippen molar-refractivity contribution in [2.24, 2.45) is 5.92 Å². The van der Waals surface area contributed by atoms with Gasteiger partial charge in [-0.15, -0.1) is 5.10 Å². The van der Waals surface area contributed by atoms with E-state index in [1.165, 1.54) is 17.0 Å². The topological polar surface area (TPSA) is 104 Å². The summed E-state index contributed by atoms with van der Waals surface area (Å²) in [4.78, 5) is 34.3. The summed E-state index contributed by atoms with van der Waals surface area (Å²) >= 11 is 0. The Balaban J connectivity index is 1.44. The quantitative estimate of drug-likeness (QED) is 0.681. The number of carbonyl (C=O) groups is 2. The molecule has 0 spiro atoms. The first-order chi connectivity index (χ1) is 14.3. The number of aromatic nitrogens is 4. The molecule has 0 aliphatic carbocycles. The molecular formula is C19H15F3N6O2. The highest BCUT2D eigenvalue weighted by Crippen LogP contribution is 2.33. The van der Waals surface area contributed by atoms with Crippen molar-refractivity contribution in [2.45, 2.75) is 12.6 Å². The molecule has 2 amide bonds. The van der Waals surface area contributed by atoms with Crippen molar-refractivity contribution in [3.8, 4) is 11.5 Å². The zero-order valence-corrected chi connectivity index (χ0v) is 15.3. The lowest BCUT2D eigenvalue weighted by Gasteiger charge is -2.18. The molecule has 3 heterocycles. The van der Waals surface area contributed by atoms with Gasteiger partial charge in [0.1, 0.15) is 5.69 Å². The van der Waals surface area contributed by atoms with Gasteiger partial charge in [-0.1, -0.05) is 12.1 Å². The van der Waals surface area contributed by atoms with Crippen molar-refractivity contribution in [1.29, 1.82) is 0 Å². The maximum atomic E-state index is 12.9. The molecule has 1 atom stereocenters. The molecule has 3 aromatic rings. The van der Waals surface area contributed by atoms with Gasteiger partial charge in [0.15, 0.2) is 5.82 Å². The molecule has 1 fully saturated rings. The third-order valence-electron chi connectivity index (χ3n) is 4.61. The summed E-state index contributed by atoms with van der Waals surface area (Å²) in [5.74, 6) is -1.29. The molecule has 1 saturated heterocycles. The smallest absolute Gasteiger partial charge is 0.312 e. The number of aromatic amines is 1.